The predicted octanol–water partition coefficient (Wildman–Crippen LogP) is 1.06. The van der Waals surface area contributed by atoms with Crippen molar-refractivity contribution >= 4 is 11.7 Å². The number of carbonyl (C=O) groups is 2. The van der Waals surface area contributed by atoms with E-state index in [9.17, 15) is 9.59 Å². The number of amides is 1. The second kappa shape index (κ2) is 4.05. The first-order valence-corrected chi connectivity index (χ1v) is 6.69. The first-order chi connectivity index (χ1) is 8.22. The van der Waals surface area contributed by atoms with Gasteiger partial charge in [-0.15, -0.1) is 0 Å². The van der Waals surface area contributed by atoms with Crippen LogP contribution >= 0.6 is 0 Å². The van der Waals surface area contributed by atoms with Gasteiger partial charge in [-0.05, 0) is 24.2 Å². The third-order valence-electron chi connectivity index (χ3n) is 5.51. The number of hydrogen-bond donors (Lipinski definition) is 1. The van der Waals surface area contributed by atoms with E-state index in [0.29, 0.717) is 11.7 Å². The van der Waals surface area contributed by atoms with E-state index in [-0.39, 0.29) is 29.3 Å². The number of nitrogens with one attached hydrogen (secondary N) is 1. The van der Waals surface area contributed by atoms with Gasteiger partial charge in [-0.25, -0.2) is 0 Å². The summed E-state index contributed by atoms with van der Waals surface area (Å²) in [6.07, 6.45) is 2.08. The molecule has 2 aliphatic rings. The molecule has 2 bridgehead atoms. The van der Waals surface area contributed by atoms with E-state index in [4.69, 9.17) is 0 Å². The molecule has 0 heterocycles. The molecule has 0 spiro atoms. The minimum Gasteiger partial charge on any atom is -0.348 e. The Hall–Kier alpha value is -0.900. The van der Waals surface area contributed by atoms with Crippen molar-refractivity contribution in [2.24, 2.45) is 16.7 Å². The van der Waals surface area contributed by atoms with Crippen molar-refractivity contribution in [1.29, 1.82) is 0 Å². The molecule has 1 N–H and O–H groups in total. The number of fused-ring (bicyclic) bond motifs is 2. The molecule has 2 fully saturated rings. The summed E-state index contributed by atoms with van der Waals surface area (Å²) in [4.78, 5) is 25.7. The maximum Gasteiger partial charge on any atom is 0.236 e. The van der Waals surface area contributed by atoms with Gasteiger partial charge in [-0.2, -0.15) is 0 Å². The van der Waals surface area contributed by atoms with E-state index in [1.165, 1.54) is 0 Å². The van der Waals surface area contributed by atoms with Crippen LogP contribution in [0.2, 0.25) is 0 Å². The molecular weight excluding hydrogens is 228 g/mol. The fourth-order valence-electron chi connectivity index (χ4n) is 3.68. The molecule has 0 saturated heterocycles. The predicted molar refractivity (Wildman–Crippen MR) is 70.1 cm³/mol. The van der Waals surface area contributed by atoms with E-state index in [1.807, 2.05) is 0 Å². The molecule has 4 nitrogen and oxygen atoms in total. The van der Waals surface area contributed by atoms with Crippen molar-refractivity contribution in [3.63, 3.8) is 0 Å². The Morgan fingerprint density at radius 1 is 1.39 bits per heavy atom. The zero-order chi connectivity index (χ0) is 13.7. The van der Waals surface area contributed by atoms with Crippen molar-refractivity contribution < 1.29 is 9.59 Å². The molecular formula is C14H24N2O2. The van der Waals surface area contributed by atoms with Gasteiger partial charge in [-0.1, -0.05) is 20.8 Å². The van der Waals surface area contributed by atoms with Crippen molar-refractivity contribution in [1.82, 2.24) is 10.2 Å². The summed E-state index contributed by atoms with van der Waals surface area (Å²) in [6, 6.07) is -0.136. The highest BCUT2D eigenvalue weighted by molar-refractivity contribution is 5.94. The highest BCUT2D eigenvalue weighted by Gasteiger charge is 2.66. The van der Waals surface area contributed by atoms with Gasteiger partial charge in [0.05, 0.1) is 12.6 Å². The van der Waals surface area contributed by atoms with Crippen molar-refractivity contribution in [3.05, 3.63) is 0 Å². The molecule has 0 aromatic carbocycles. The second-order valence-corrected chi connectivity index (χ2v) is 6.71. The van der Waals surface area contributed by atoms with Crippen LogP contribution in [-0.4, -0.2) is 43.3 Å². The Kier molecular flexibility index (Phi) is 3.05. The molecule has 0 aromatic rings. The van der Waals surface area contributed by atoms with Gasteiger partial charge in [0, 0.05) is 19.5 Å². The molecule has 0 aromatic heterocycles. The lowest BCUT2D eigenvalue weighted by atomic mass is 9.70. The summed E-state index contributed by atoms with van der Waals surface area (Å²) in [5, 5.41) is 3.18. The van der Waals surface area contributed by atoms with Crippen LogP contribution in [0, 0.1) is 16.7 Å². The van der Waals surface area contributed by atoms with Crippen molar-refractivity contribution in [2.45, 2.75) is 39.7 Å². The summed E-state index contributed by atoms with van der Waals surface area (Å²) in [7, 11) is 3.47. The molecule has 102 valence electrons. The lowest BCUT2D eigenvalue weighted by Crippen LogP contribution is -2.47. The van der Waals surface area contributed by atoms with Crippen LogP contribution in [0.25, 0.3) is 0 Å². The number of Topliss-reactive ketones (excluding diaryl/α,β-unsaturated/α-hetero) is 1. The Bertz CT molecular complexity index is 389. The normalized spacial score (nSPS) is 37.1. The monoisotopic (exact) mass is 252 g/mol. The molecule has 2 rings (SSSR count). The number of nitrogens with zero attached hydrogens (tertiary/aromatic N) is 1. The van der Waals surface area contributed by atoms with Gasteiger partial charge >= 0.3 is 0 Å². The van der Waals surface area contributed by atoms with Gasteiger partial charge in [0.15, 0.2) is 5.78 Å². The standard InChI is InChI=1S/C14H24N2O2/c1-13(2)9-6-7-14(13,3)12(18)11(9)15-8-10(17)16(4)5/h9,11,15H,6-8H2,1-5H3. The number of hydrogen-bond acceptors (Lipinski definition) is 3. The van der Waals surface area contributed by atoms with E-state index in [2.05, 4.69) is 26.1 Å². The first kappa shape index (κ1) is 13.5. The lowest BCUT2D eigenvalue weighted by molar-refractivity contribution is -0.130. The third-order valence-corrected chi connectivity index (χ3v) is 5.51. The maximum atomic E-state index is 12.5. The maximum absolute atomic E-state index is 12.5. The molecule has 3 unspecified atom stereocenters. The summed E-state index contributed by atoms with van der Waals surface area (Å²) < 4.78 is 0. The fraction of sp³-hybridized carbons (Fsp3) is 0.857. The molecule has 2 saturated carbocycles. The van der Waals surface area contributed by atoms with E-state index >= 15 is 0 Å². The van der Waals surface area contributed by atoms with E-state index in [0.717, 1.165) is 12.8 Å². The highest BCUT2D eigenvalue weighted by Crippen LogP contribution is 2.63. The largest absolute Gasteiger partial charge is 0.348 e. The van der Waals surface area contributed by atoms with Crippen LogP contribution in [0.3, 0.4) is 0 Å². The zero-order valence-electron chi connectivity index (χ0n) is 12.0. The Morgan fingerprint density at radius 2 is 2.00 bits per heavy atom. The number of likely N-dealkylation sites (N-methyl/N-ethyl adjacent to an activating group) is 1. The molecule has 3 atom stereocenters. The molecule has 0 aliphatic heterocycles. The van der Waals surface area contributed by atoms with Crippen LogP contribution in [0.4, 0.5) is 0 Å². The first-order valence-electron chi connectivity index (χ1n) is 6.69. The second-order valence-electron chi connectivity index (χ2n) is 6.71. The summed E-state index contributed by atoms with van der Waals surface area (Å²) in [6.45, 7) is 6.73. The Balaban J connectivity index is 2.09. The molecule has 4 heteroatoms. The lowest BCUT2D eigenvalue weighted by Gasteiger charge is -2.32. The van der Waals surface area contributed by atoms with Crippen molar-refractivity contribution in [2.75, 3.05) is 20.6 Å². The van der Waals surface area contributed by atoms with Gasteiger partial charge in [0.2, 0.25) is 5.91 Å². The van der Waals surface area contributed by atoms with Gasteiger partial charge in [-0.3, -0.25) is 14.9 Å². The molecule has 18 heavy (non-hydrogen) atoms. The smallest absolute Gasteiger partial charge is 0.236 e. The average Bonchev–Trinajstić information content (AvgIpc) is 2.58. The van der Waals surface area contributed by atoms with Gasteiger partial charge in [0.1, 0.15) is 0 Å². The number of rotatable bonds is 3. The summed E-state index contributed by atoms with van der Waals surface area (Å²) in [5.74, 6) is 0.689. The molecule has 1 amide bonds. The molecule has 2 aliphatic carbocycles. The van der Waals surface area contributed by atoms with Crippen LogP contribution in [0.15, 0.2) is 0 Å². The van der Waals surface area contributed by atoms with E-state index in [1.54, 1.807) is 19.0 Å². The number of carbonyl (C=O) groups excluding carboxylic acids is 2. The average molecular weight is 252 g/mol. The minimum atomic E-state index is -0.212. The van der Waals surface area contributed by atoms with E-state index < -0.39 is 0 Å². The van der Waals surface area contributed by atoms with Crippen LogP contribution in [0.5, 0.6) is 0 Å². The zero-order valence-corrected chi connectivity index (χ0v) is 12.0. The van der Waals surface area contributed by atoms with Crippen LogP contribution in [-0.2, 0) is 9.59 Å². The van der Waals surface area contributed by atoms with Crippen LogP contribution in [0.1, 0.15) is 33.6 Å². The SMILES string of the molecule is CN(C)C(=O)CNC1C(=O)C2(C)CCC1C2(C)C. The van der Waals surface area contributed by atoms with Gasteiger partial charge < -0.3 is 4.90 Å². The fourth-order valence-corrected chi connectivity index (χ4v) is 3.68. The van der Waals surface area contributed by atoms with Gasteiger partial charge in [0.25, 0.3) is 0 Å². The topological polar surface area (TPSA) is 49.4 Å². The summed E-state index contributed by atoms with van der Waals surface area (Å²) in [5.41, 5.74) is -0.167. The molecule has 0 radical (unpaired) electrons. The summed E-state index contributed by atoms with van der Waals surface area (Å²) >= 11 is 0. The Labute approximate surface area is 109 Å². The quantitative estimate of drug-likeness (QED) is 0.817. The number of ketones is 1. The third kappa shape index (κ3) is 1.62. The highest BCUT2D eigenvalue weighted by atomic mass is 16.2. The Morgan fingerprint density at radius 3 is 2.44 bits per heavy atom. The minimum absolute atomic E-state index is 0.0218. The van der Waals surface area contributed by atoms with Crippen LogP contribution < -0.4 is 5.32 Å². The van der Waals surface area contributed by atoms with Crippen molar-refractivity contribution in [3.8, 4) is 0 Å².